The molecule has 0 amide bonds. The van der Waals surface area contributed by atoms with Crippen LogP contribution in [-0.4, -0.2) is 9.97 Å². The lowest BCUT2D eigenvalue weighted by atomic mass is 10.1. The molecule has 0 aliphatic carbocycles. The molecule has 0 bridgehead atoms. The summed E-state index contributed by atoms with van der Waals surface area (Å²) in [6.07, 6.45) is 1.39. The number of aryl methyl sites for hydroxylation is 1. The van der Waals surface area contributed by atoms with Gasteiger partial charge in [0.2, 0.25) is 0 Å². The van der Waals surface area contributed by atoms with E-state index in [1.54, 1.807) is 25.1 Å². The second-order valence-corrected chi connectivity index (χ2v) is 3.25. The predicted molar refractivity (Wildman–Crippen MR) is 55.0 cm³/mol. The molecule has 0 atom stereocenters. The number of aromatic amines is 1. The highest BCUT2D eigenvalue weighted by molar-refractivity contribution is 5.58. The fraction of sp³-hybridized carbons (Fsp3) is 0.0909. The van der Waals surface area contributed by atoms with Gasteiger partial charge in [-0.2, -0.15) is 0 Å². The van der Waals surface area contributed by atoms with Crippen LogP contribution in [0.1, 0.15) is 5.56 Å². The summed E-state index contributed by atoms with van der Waals surface area (Å²) in [5.74, 6) is -0.287. The summed E-state index contributed by atoms with van der Waals surface area (Å²) in [5, 5.41) is 0. The van der Waals surface area contributed by atoms with Gasteiger partial charge < -0.3 is 4.98 Å². The van der Waals surface area contributed by atoms with E-state index in [0.29, 0.717) is 16.8 Å². The number of benzene rings is 1. The number of hydrogen-bond donors (Lipinski definition) is 1. The molecule has 4 heteroatoms. The Morgan fingerprint density at radius 2 is 2.13 bits per heavy atom. The van der Waals surface area contributed by atoms with Crippen molar-refractivity contribution >= 4 is 0 Å². The van der Waals surface area contributed by atoms with Crippen LogP contribution in [0.25, 0.3) is 11.3 Å². The summed E-state index contributed by atoms with van der Waals surface area (Å²) in [4.78, 5) is 17.0. The molecule has 0 saturated heterocycles. The minimum Gasteiger partial charge on any atom is -0.305 e. The molecule has 0 spiro atoms. The summed E-state index contributed by atoms with van der Waals surface area (Å²) in [7, 11) is 0. The van der Waals surface area contributed by atoms with Crippen molar-refractivity contribution in [1.29, 1.82) is 0 Å². The number of nitrogens with one attached hydrogen (secondary N) is 1. The summed E-state index contributed by atoms with van der Waals surface area (Å²) in [6.45, 7) is 1.69. The Hall–Kier alpha value is -1.97. The normalized spacial score (nSPS) is 10.3. The Bertz CT molecular complexity index is 548. The van der Waals surface area contributed by atoms with Gasteiger partial charge >= 0.3 is 5.69 Å². The van der Waals surface area contributed by atoms with E-state index in [1.807, 2.05) is 0 Å². The van der Waals surface area contributed by atoms with Gasteiger partial charge in [0, 0.05) is 11.8 Å². The maximum atomic E-state index is 13.3. The number of halogens is 1. The van der Waals surface area contributed by atoms with Gasteiger partial charge in [0.15, 0.2) is 0 Å². The first kappa shape index (κ1) is 9.58. The average molecular weight is 204 g/mol. The highest BCUT2D eigenvalue weighted by Gasteiger charge is 2.02. The second kappa shape index (κ2) is 3.65. The van der Waals surface area contributed by atoms with E-state index < -0.39 is 5.69 Å². The molecule has 15 heavy (non-hydrogen) atoms. The average Bonchev–Trinajstić information content (AvgIpc) is 2.22. The molecule has 2 rings (SSSR count). The van der Waals surface area contributed by atoms with E-state index in [1.165, 1.54) is 12.3 Å². The monoisotopic (exact) mass is 204 g/mol. The number of rotatable bonds is 1. The molecular weight excluding hydrogens is 195 g/mol. The molecule has 2 aromatic rings. The van der Waals surface area contributed by atoms with Crippen LogP contribution >= 0.6 is 0 Å². The van der Waals surface area contributed by atoms with Gasteiger partial charge in [-0.15, -0.1) is 0 Å². The lowest BCUT2D eigenvalue weighted by Crippen LogP contribution is -2.09. The van der Waals surface area contributed by atoms with Crippen molar-refractivity contribution in [2.75, 3.05) is 0 Å². The molecule has 1 aromatic heterocycles. The van der Waals surface area contributed by atoms with Crippen molar-refractivity contribution < 1.29 is 4.39 Å². The fourth-order valence-corrected chi connectivity index (χ4v) is 1.30. The Morgan fingerprint density at radius 1 is 1.33 bits per heavy atom. The zero-order valence-electron chi connectivity index (χ0n) is 8.12. The molecule has 0 fully saturated rings. The Balaban J connectivity index is 2.55. The van der Waals surface area contributed by atoms with Crippen molar-refractivity contribution in [3.63, 3.8) is 0 Å². The van der Waals surface area contributed by atoms with Gasteiger partial charge in [-0.3, -0.25) is 0 Å². The molecule has 0 unspecified atom stereocenters. The van der Waals surface area contributed by atoms with Crippen LogP contribution in [0.2, 0.25) is 0 Å². The lowest BCUT2D eigenvalue weighted by Gasteiger charge is -2.02. The Morgan fingerprint density at radius 3 is 2.80 bits per heavy atom. The van der Waals surface area contributed by atoms with Gasteiger partial charge in [0.05, 0.1) is 5.69 Å². The quantitative estimate of drug-likeness (QED) is 0.770. The Labute approximate surface area is 85.6 Å². The van der Waals surface area contributed by atoms with Crippen LogP contribution in [0.3, 0.4) is 0 Å². The molecular formula is C11H9FN2O. The molecule has 0 radical (unpaired) electrons. The number of nitrogens with zero attached hydrogens (tertiary/aromatic N) is 1. The van der Waals surface area contributed by atoms with Crippen molar-refractivity contribution in [2.45, 2.75) is 6.92 Å². The van der Waals surface area contributed by atoms with Crippen LogP contribution in [-0.2, 0) is 0 Å². The smallest absolute Gasteiger partial charge is 0.305 e. The second-order valence-electron chi connectivity index (χ2n) is 3.25. The van der Waals surface area contributed by atoms with E-state index in [-0.39, 0.29) is 5.82 Å². The largest absolute Gasteiger partial charge is 0.345 e. The SMILES string of the molecule is Cc1ccc(-c2ccnc(=O)[nH]2)cc1F. The number of hydrogen-bond acceptors (Lipinski definition) is 2. The van der Waals surface area contributed by atoms with E-state index in [9.17, 15) is 9.18 Å². The first-order valence-electron chi connectivity index (χ1n) is 4.48. The molecule has 1 N–H and O–H groups in total. The molecule has 1 heterocycles. The maximum Gasteiger partial charge on any atom is 0.345 e. The maximum absolute atomic E-state index is 13.3. The molecule has 3 nitrogen and oxygen atoms in total. The van der Waals surface area contributed by atoms with Crippen LogP contribution in [0.4, 0.5) is 4.39 Å². The summed E-state index contributed by atoms with van der Waals surface area (Å²) >= 11 is 0. The zero-order valence-corrected chi connectivity index (χ0v) is 8.12. The van der Waals surface area contributed by atoms with Gasteiger partial charge in [-0.25, -0.2) is 14.2 Å². The van der Waals surface area contributed by atoms with Gasteiger partial charge in [0.25, 0.3) is 0 Å². The first-order chi connectivity index (χ1) is 7.16. The summed E-state index contributed by atoms with van der Waals surface area (Å²) < 4.78 is 13.3. The first-order valence-corrected chi connectivity index (χ1v) is 4.48. The standard InChI is InChI=1S/C11H9FN2O/c1-7-2-3-8(6-9(7)12)10-4-5-13-11(15)14-10/h2-6H,1H3,(H,13,14,15). The van der Waals surface area contributed by atoms with Crippen molar-refractivity contribution in [3.05, 3.63) is 52.3 Å². The predicted octanol–water partition coefficient (Wildman–Crippen LogP) is 1.88. The van der Waals surface area contributed by atoms with Gasteiger partial charge in [-0.1, -0.05) is 12.1 Å². The van der Waals surface area contributed by atoms with Gasteiger partial charge in [0.1, 0.15) is 5.82 Å². The third kappa shape index (κ3) is 1.93. The zero-order chi connectivity index (χ0) is 10.8. The molecule has 1 aromatic carbocycles. The molecule has 0 aliphatic heterocycles. The van der Waals surface area contributed by atoms with Crippen molar-refractivity contribution in [3.8, 4) is 11.3 Å². The van der Waals surface area contributed by atoms with Crippen LogP contribution in [0, 0.1) is 12.7 Å². The van der Waals surface area contributed by atoms with Crippen molar-refractivity contribution in [2.24, 2.45) is 0 Å². The molecule has 0 aliphatic rings. The van der Waals surface area contributed by atoms with Crippen LogP contribution < -0.4 is 5.69 Å². The van der Waals surface area contributed by atoms with Gasteiger partial charge in [-0.05, 0) is 24.6 Å². The summed E-state index contributed by atoms with van der Waals surface area (Å²) in [6, 6.07) is 6.44. The third-order valence-corrected chi connectivity index (χ3v) is 2.16. The molecule has 0 saturated carbocycles. The topological polar surface area (TPSA) is 45.8 Å². The third-order valence-electron chi connectivity index (χ3n) is 2.16. The van der Waals surface area contributed by atoms with Crippen LogP contribution in [0.5, 0.6) is 0 Å². The highest BCUT2D eigenvalue weighted by atomic mass is 19.1. The van der Waals surface area contributed by atoms with E-state index in [4.69, 9.17) is 0 Å². The number of aromatic nitrogens is 2. The minimum absolute atomic E-state index is 0.287. The highest BCUT2D eigenvalue weighted by Crippen LogP contribution is 2.18. The fourth-order valence-electron chi connectivity index (χ4n) is 1.30. The van der Waals surface area contributed by atoms with E-state index >= 15 is 0 Å². The van der Waals surface area contributed by atoms with E-state index in [2.05, 4.69) is 9.97 Å². The molecule has 76 valence electrons. The van der Waals surface area contributed by atoms with Crippen LogP contribution in [0.15, 0.2) is 35.3 Å². The lowest BCUT2D eigenvalue weighted by molar-refractivity contribution is 0.619. The Kier molecular flexibility index (Phi) is 2.33. The minimum atomic E-state index is -0.437. The number of H-pyrrole nitrogens is 1. The van der Waals surface area contributed by atoms with Crippen molar-refractivity contribution in [1.82, 2.24) is 9.97 Å². The summed E-state index contributed by atoms with van der Waals surface area (Å²) in [5.41, 5.74) is 1.34. The van der Waals surface area contributed by atoms with E-state index in [0.717, 1.165) is 0 Å².